The van der Waals surface area contributed by atoms with E-state index in [1.54, 1.807) is 7.11 Å². The molecule has 0 amide bonds. The molecule has 0 aliphatic carbocycles. The van der Waals surface area contributed by atoms with E-state index < -0.39 is 0 Å². The summed E-state index contributed by atoms with van der Waals surface area (Å²) in [5.74, 6) is 0. The highest BCUT2D eigenvalue weighted by Crippen LogP contribution is 2.12. The average Bonchev–Trinajstić information content (AvgIpc) is 2.48. The van der Waals surface area contributed by atoms with Gasteiger partial charge in [-0.25, -0.2) is 0 Å². The molecule has 0 saturated carbocycles. The Balaban J connectivity index is 2.72. The SMILES string of the molecule is COCCn1nc(C)c(CNC(C)C)c1C. The molecule has 0 atom stereocenters. The third-order valence-electron chi connectivity index (χ3n) is 2.73. The second-order valence-electron chi connectivity index (χ2n) is 4.40. The molecule has 0 bridgehead atoms. The molecule has 4 heteroatoms. The van der Waals surface area contributed by atoms with Crippen molar-refractivity contribution in [1.82, 2.24) is 15.1 Å². The van der Waals surface area contributed by atoms with Crippen LogP contribution in [0.2, 0.25) is 0 Å². The first-order valence-electron chi connectivity index (χ1n) is 5.81. The summed E-state index contributed by atoms with van der Waals surface area (Å²) in [4.78, 5) is 0. The Morgan fingerprint density at radius 1 is 1.38 bits per heavy atom. The number of hydrogen-bond donors (Lipinski definition) is 1. The molecule has 92 valence electrons. The lowest BCUT2D eigenvalue weighted by molar-refractivity contribution is 0.182. The second kappa shape index (κ2) is 6.01. The van der Waals surface area contributed by atoms with Crippen molar-refractivity contribution in [2.75, 3.05) is 13.7 Å². The quantitative estimate of drug-likeness (QED) is 0.800. The fourth-order valence-corrected chi connectivity index (χ4v) is 1.69. The molecule has 1 aromatic rings. The molecule has 0 aliphatic heterocycles. The van der Waals surface area contributed by atoms with Gasteiger partial charge in [0, 0.05) is 31.0 Å². The van der Waals surface area contributed by atoms with Crippen molar-refractivity contribution in [3.05, 3.63) is 17.0 Å². The van der Waals surface area contributed by atoms with Crippen LogP contribution in [0.1, 0.15) is 30.8 Å². The van der Waals surface area contributed by atoms with Crippen LogP contribution in [0.5, 0.6) is 0 Å². The zero-order valence-corrected chi connectivity index (χ0v) is 11.0. The first kappa shape index (κ1) is 13.2. The molecule has 0 aliphatic rings. The molecule has 16 heavy (non-hydrogen) atoms. The molecule has 0 radical (unpaired) electrons. The van der Waals surface area contributed by atoms with E-state index in [1.165, 1.54) is 11.3 Å². The maximum absolute atomic E-state index is 5.07. The van der Waals surface area contributed by atoms with E-state index in [1.807, 2.05) is 4.68 Å². The van der Waals surface area contributed by atoms with Crippen molar-refractivity contribution >= 4 is 0 Å². The van der Waals surface area contributed by atoms with Crippen LogP contribution in [-0.2, 0) is 17.8 Å². The number of hydrogen-bond acceptors (Lipinski definition) is 3. The van der Waals surface area contributed by atoms with Gasteiger partial charge in [-0.3, -0.25) is 4.68 Å². The molecular weight excluding hydrogens is 202 g/mol. The smallest absolute Gasteiger partial charge is 0.0658 e. The molecule has 1 aromatic heterocycles. The van der Waals surface area contributed by atoms with Crippen LogP contribution < -0.4 is 5.32 Å². The Morgan fingerprint density at radius 2 is 2.06 bits per heavy atom. The fraction of sp³-hybridized carbons (Fsp3) is 0.750. The lowest BCUT2D eigenvalue weighted by Crippen LogP contribution is -2.22. The Bertz CT molecular complexity index is 331. The highest BCUT2D eigenvalue weighted by Gasteiger charge is 2.10. The molecule has 0 saturated heterocycles. The van der Waals surface area contributed by atoms with Gasteiger partial charge in [-0.05, 0) is 13.8 Å². The van der Waals surface area contributed by atoms with Crippen molar-refractivity contribution in [3.63, 3.8) is 0 Å². The van der Waals surface area contributed by atoms with Crippen molar-refractivity contribution in [2.24, 2.45) is 0 Å². The van der Waals surface area contributed by atoms with Gasteiger partial charge in [0.25, 0.3) is 0 Å². The summed E-state index contributed by atoms with van der Waals surface area (Å²) >= 11 is 0. The monoisotopic (exact) mass is 225 g/mol. The van der Waals surface area contributed by atoms with Crippen molar-refractivity contribution in [2.45, 2.75) is 46.8 Å². The maximum atomic E-state index is 5.07. The summed E-state index contributed by atoms with van der Waals surface area (Å²) in [6.45, 7) is 10.9. The fourth-order valence-electron chi connectivity index (χ4n) is 1.69. The standard InChI is InChI=1S/C12H23N3O/c1-9(2)13-8-12-10(3)14-15(11(12)4)6-7-16-5/h9,13H,6-8H2,1-5H3. The van der Waals surface area contributed by atoms with E-state index in [0.29, 0.717) is 12.6 Å². The number of nitrogens with zero attached hydrogens (tertiary/aromatic N) is 2. The van der Waals surface area contributed by atoms with E-state index >= 15 is 0 Å². The minimum absolute atomic E-state index is 0.501. The number of rotatable bonds is 6. The minimum atomic E-state index is 0.501. The molecule has 1 rings (SSSR count). The van der Waals surface area contributed by atoms with Crippen LogP contribution in [0.4, 0.5) is 0 Å². The van der Waals surface area contributed by atoms with Crippen LogP contribution in [0.3, 0.4) is 0 Å². The first-order chi connectivity index (χ1) is 7.56. The maximum Gasteiger partial charge on any atom is 0.0658 e. The number of aryl methyl sites for hydroxylation is 1. The van der Waals surface area contributed by atoms with E-state index in [9.17, 15) is 0 Å². The molecule has 0 spiro atoms. The van der Waals surface area contributed by atoms with Crippen LogP contribution in [-0.4, -0.2) is 29.5 Å². The van der Waals surface area contributed by atoms with Gasteiger partial charge in [-0.1, -0.05) is 13.8 Å². The molecule has 0 unspecified atom stereocenters. The highest BCUT2D eigenvalue weighted by molar-refractivity contribution is 5.24. The zero-order valence-electron chi connectivity index (χ0n) is 11.0. The lowest BCUT2D eigenvalue weighted by atomic mass is 10.2. The van der Waals surface area contributed by atoms with E-state index in [-0.39, 0.29) is 0 Å². The van der Waals surface area contributed by atoms with Gasteiger partial charge >= 0.3 is 0 Å². The van der Waals surface area contributed by atoms with Crippen LogP contribution in [0, 0.1) is 13.8 Å². The summed E-state index contributed by atoms with van der Waals surface area (Å²) in [6, 6.07) is 0.501. The number of nitrogens with one attached hydrogen (secondary N) is 1. The number of ether oxygens (including phenoxy) is 1. The normalized spacial score (nSPS) is 11.4. The summed E-state index contributed by atoms with van der Waals surface area (Å²) in [5.41, 5.74) is 3.66. The van der Waals surface area contributed by atoms with Crippen molar-refractivity contribution in [3.8, 4) is 0 Å². The zero-order chi connectivity index (χ0) is 12.1. The Morgan fingerprint density at radius 3 is 2.62 bits per heavy atom. The number of aromatic nitrogens is 2. The van der Waals surface area contributed by atoms with Gasteiger partial charge in [-0.15, -0.1) is 0 Å². The molecular formula is C12H23N3O. The van der Waals surface area contributed by atoms with Crippen molar-refractivity contribution in [1.29, 1.82) is 0 Å². The number of methoxy groups -OCH3 is 1. The molecule has 4 nitrogen and oxygen atoms in total. The van der Waals surface area contributed by atoms with Crippen LogP contribution in [0.15, 0.2) is 0 Å². The summed E-state index contributed by atoms with van der Waals surface area (Å²) in [5, 5.41) is 7.95. The molecule has 0 aromatic carbocycles. The van der Waals surface area contributed by atoms with Gasteiger partial charge < -0.3 is 10.1 Å². The predicted octanol–water partition coefficient (Wildman–Crippen LogP) is 1.64. The van der Waals surface area contributed by atoms with Gasteiger partial charge in [-0.2, -0.15) is 5.10 Å². The van der Waals surface area contributed by atoms with Gasteiger partial charge in [0.05, 0.1) is 18.8 Å². The van der Waals surface area contributed by atoms with Crippen LogP contribution in [0.25, 0.3) is 0 Å². The Labute approximate surface area is 98.0 Å². The Kier molecular flexibility index (Phi) is 4.96. The third kappa shape index (κ3) is 3.32. The van der Waals surface area contributed by atoms with Gasteiger partial charge in [0.2, 0.25) is 0 Å². The van der Waals surface area contributed by atoms with E-state index in [0.717, 1.165) is 18.8 Å². The Hall–Kier alpha value is -0.870. The minimum Gasteiger partial charge on any atom is -0.383 e. The first-order valence-corrected chi connectivity index (χ1v) is 5.81. The topological polar surface area (TPSA) is 39.1 Å². The summed E-state index contributed by atoms with van der Waals surface area (Å²) in [6.07, 6.45) is 0. The summed E-state index contributed by atoms with van der Waals surface area (Å²) < 4.78 is 7.10. The lowest BCUT2D eigenvalue weighted by Gasteiger charge is -2.08. The largest absolute Gasteiger partial charge is 0.383 e. The van der Waals surface area contributed by atoms with E-state index in [4.69, 9.17) is 4.74 Å². The van der Waals surface area contributed by atoms with Gasteiger partial charge in [0.15, 0.2) is 0 Å². The van der Waals surface area contributed by atoms with Gasteiger partial charge in [0.1, 0.15) is 0 Å². The highest BCUT2D eigenvalue weighted by atomic mass is 16.5. The second-order valence-corrected chi connectivity index (χ2v) is 4.40. The average molecular weight is 225 g/mol. The summed E-state index contributed by atoms with van der Waals surface area (Å²) in [7, 11) is 1.72. The third-order valence-corrected chi connectivity index (χ3v) is 2.73. The molecule has 1 N–H and O–H groups in total. The van der Waals surface area contributed by atoms with E-state index in [2.05, 4.69) is 38.1 Å². The molecule has 0 fully saturated rings. The molecule has 1 heterocycles. The predicted molar refractivity (Wildman–Crippen MR) is 65.6 cm³/mol. The van der Waals surface area contributed by atoms with Crippen LogP contribution >= 0.6 is 0 Å². The van der Waals surface area contributed by atoms with Crippen molar-refractivity contribution < 1.29 is 4.74 Å².